The van der Waals surface area contributed by atoms with E-state index in [-0.39, 0.29) is 23.0 Å². The molecule has 12 nitrogen and oxygen atoms in total. The molecule has 35 heavy (non-hydrogen) atoms. The second-order valence-electron chi connectivity index (χ2n) is 7.98. The number of phenols is 4. The third-order valence-corrected chi connectivity index (χ3v) is 5.11. The Bertz CT molecular complexity index is 930. The number of benzene rings is 2. The summed E-state index contributed by atoms with van der Waals surface area (Å²) in [5.74, 6) is -0.836. The van der Waals surface area contributed by atoms with Crippen molar-refractivity contribution in [3.8, 4) is 23.0 Å². The number of quaternary nitrogens is 2. The number of hydrogen-bond donors (Lipinski definition) is 8. The molecule has 2 aromatic carbocycles. The number of unbranched alkanes of at least 4 members (excludes halogenated alkanes) is 3. The zero-order valence-corrected chi connectivity index (χ0v) is 20.0. The van der Waals surface area contributed by atoms with Gasteiger partial charge in [0.1, 0.15) is 25.3 Å². The van der Waals surface area contributed by atoms with Gasteiger partial charge in [0.2, 0.25) is 0 Å². The highest BCUT2D eigenvalue weighted by molar-refractivity contribution is 7.79. The van der Waals surface area contributed by atoms with Crippen molar-refractivity contribution >= 4 is 10.4 Å². The minimum absolute atomic E-state index is 0.193. The van der Waals surface area contributed by atoms with Crippen molar-refractivity contribution in [3.63, 3.8) is 0 Å². The molecule has 2 unspecified atom stereocenters. The number of nitrogens with two attached hydrogens (primary N) is 2. The highest BCUT2D eigenvalue weighted by Gasteiger charge is 2.13. The maximum Gasteiger partial charge on any atom is 0.157 e. The Morgan fingerprint density at radius 3 is 1.31 bits per heavy atom. The first-order valence-corrected chi connectivity index (χ1v) is 12.4. The average Bonchev–Trinajstić information content (AvgIpc) is 2.77. The first-order chi connectivity index (χ1) is 16.4. The van der Waals surface area contributed by atoms with E-state index in [4.69, 9.17) is 17.5 Å². The number of phenolic OH excluding ortho intramolecular Hbond substituents is 4. The van der Waals surface area contributed by atoms with Gasteiger partial charge < -0.3 is 50.4 Å². The molecule has 0 aliphatic carbocycles. The number of aromatic hydroxyl groups is 4. The second kappa shape index (κ2) is 15.4. The number of hydrogen-bond acceptors (Lipinski definition) is 10. The summed E-state index contributed by atoms with van der Waals surface area (Å²) in [4.78, 5) is 0. The number of rotatable bonds is 13. The quantitative estimate of drug-likeness (QED) is 0.0670. The first-order valence-electron chi connectivity index (χ1n) is 11.1. The van der Waals surface area contributed by atoms with Crippen molar-refractivity contribution in [1.82, 2.24) is 0 Å². The van der Waals surface area contributed by atoms with E-state index in [9.17, 15) is 30.6 Å². The summed E-state index contributed by atoms with van der Waals surface area (Å²) in [6.45, 7) is 2.83. The fourth-order valence-electron chi connectivity index (χ4n) is 3.25. The Labute approximate surface area is 204 Å². The Hall–Kier alpha value is -2.65. The van der Waals surface area contributed by atoms with Crippen LogP contribution < -0.4 is 10.6 Å². The summed E-state index contributed by atoms with van der Waals surface area (Å²) in [7, 11) is -5.17. The zero-order chi connectivity index (χ0) is 26.4. The van der Waals surface area contributed by atoms with E-state index >= 15 is 0 Å². The lowest BCUT2D eigenvalue weighted by Crippen LogP contribution is -2.85. The van der Waals surface area contributed by atoms with Gasteiger partial charge >= 0.3 is 0 Å². The van der Waals surface area contributed by atoms with Crippen LogP contribution in [0.1, 0.15) is 49.0 Å². The van der Waals surface area contributed by atoms with Gasteiger partial charge in [-0.15, -0.1) is 0 Å². The standard InChI is InChI=1S/C22H32N2O6.H2O4S/c25-17-7-5-15(11-19(17)27)21(29)13-23-9-3-1-2-4-10-24-14-22(30)16-6-8-18(26)20(28)12-16;1-5(2,3)4/h5-8,11-12,21-30H,1-4,9-10,13-14H2;(H2,1,2,3,4). The van der Waals surface area contributed by atoms with Crippen LogP contribution in [0.15, 0.2) is 36.4 Å². The van der Waals surface area contributed by atoms with Crippen LogP contribution >= 0.6 is 0 Å². The van der Waals surface area contributed by atoms with Crippen LogP contribution in [0, 0.1) is 0 Å². The largest absolute Gasteiger partial charge is 0.759 e. The van der Waals surface area contributed by atoms with Crippen molar-refractivity contribution in [3.05, 3.63) is 47.5 Å². The van der Waals surface area contributed by atoms with Crippen LogP contribution in [-0.2, 0) is 10.4 Å². The summed E-state index contributed by atoms with van der Waals surface area (Å²) in [5, 5.41) is 61.9. The molecule has 2 rings (SSSR count). The minimum atomic E-state index is -5.17. The van der Waals surface area contributed by atoms with E-state index in [1.54, 1.807) is 12.1 Å². The van der Waals surface area contributed by atoms with E-state index in [0.29, 0.717) is 24.2 Å². The number of aliphatic hydroxyl groups is 2. The molecule has 0 radical (unpaired) electrons. The normalized spacial score (nSPS) is 13.0. The van der Waals surface area contributed by atoms with Crippen molar-refractivity contribution in [2.75, 3.05) is 26.2 Å². The van der Waals surface area contributed by atoms with E-state index in [1.807, 2.05) is 10.6 Å². The molecule has 198 valence electrons. The molecular formula is C22H34N2O10S. The minimum Gasteiger partial charge on any atom is -0.759 e. The lowest BCUT2D eigenvalue weighted by Gasteiger charge is -2.11. The van der Waals surface area contributed by atoms with E-state index in [0.717, 1.165) is 38.8 Å². The van der Waals surface area contributed by atoms with Gasteiger partial charge in [0.05, 0.1) is 13.1 Å². The molecule has 13 heteroatoms. The Morgan fingerprint density at radius 2 is 1.00 bits per heavy atom. The summed E-state index contributed by atoms with van der Waals surface area (Å²) >= 11 is 0. The smallest absolute Gasteiger partial charge is 0.157 e. The van der Waals surface area contributed by atoms with Crippen LogP contribution in [0.5, 0.6) is 23.0 Å². The maximum atomic E-state index is 10.1. The molecule has 2 atom stereocenters. The third kappa shape index (κ3) is 13.7. The van der Waals surface area contributed by atoms with Gasteiger partial charge in [-0.3, -0.25) is 8.42 Å². The van der Waals surface area contributed by atoms with Gasteiger partial charge in [0.25, 0.3) is 0 Å². The lowest BCUT2D eigenvalue weighted by molar-refractivity contribution is -0.663. The Kier molecular flexibility index (Phi) is 13.3. The fourth-order valence-corrected chi connectivity index (χ4v) is 3.25. The highest BCUT2D eigenvalue weighted by Crippen LogP contribution is 2.28. The van der Waals surface area contributed by atoms with Gasteiger partial charge in [-0.1, -0.05) is 12.1 Å². The van der Waals surface area contributed by atoms with Crippen LogP contribution in [-0.4, -0.2) is 74.3 Å². The molecular weight excluding hydrogens is 484 g/mol. The van der Waals surface area contributed by atoms with Crippen molar-refractivity contribution in [2.24, 2.45) is 0 Å². The van der Waals surface area contributed by atoms with E-state index in [1.165, 1.54) is 24.3 Å². The summed E-state index contributed by atoms with van der Waals surface area (Å²) in [6, 6.07) is 8.71. The molecule has 0 amide bonds. The van der Waals surface area contributed by atoms with Crippen molar-refractivity contribution in [1.29, 1.82) is 0 Å². The van der Waals surface area contributed by atoms with Crippen LogP contribution in [0.4, 0.5) is 0 Å². The van der Waals surface area contributed by atoms with Crippen molar-refractivity contribution < 1.29 is 58.8 Å². The summed E-state index contributed by atoms with van der Waals surface area (Å²) in [6.07, 6.45) is 2.90. The first kappa shape index (κ1) is 30.4. The molecule has 0 heterocycles. The van der Waals surface area contributed by atoms with Crippen LogP contribution in [0.3, 0.4) is 0 Å². The number of aliphatic hydroxyl groups excluding tert-OH is 2. The van der Waals surface area contributed by atoms with Gasteiger partial charge in [-0.2, -0.15) is 0 Å². The van der Waals surface area contributed by atoms with Gasteiger partial charge in [0.15, 0.2) is 23.0 Å². The maximum absolute atomic E-state index is 10.1. The van der Waals surface area contributed by atoms with Crippen molar-refractivity contribution in [2.45, 2.75) is 37.9 Å². The molecule has 0 aliphatic rings. The third-order valence-electron chi connectivity index (χ3n) is 5.11. The molecule has 2 aromatic rings. The molecule has 0 saturated carbocycles. The topological polar surface area (TPSA) is 235 Å². The fraction of sp³-hybridized carbons (Fsp3) is 0.455. The van der Waals surface area contributed by atoms with Crippen LogP contribution in [0.25, 0.3) is 0 Å². The zero-order valence-electron chi connectivity index (χ0n) is 19.2. The SMILES string of the molecule is O=S(=O)([O-])[O-].Oc1ccc(C(O)C[NH2+]CCCCCC[NH2+]CC(O)c2ccc(O)c(O)c2)cc1O. The van der Waals surface area contributed by atoms with Gasteiger partial charge in [-0.25, -0.2) is 0 Å². The summed E-state index contributed by atoms with van der Waals surface area (Å²) in [5.41, 5.74) is 1.17. The molecule has 0 saturated heterocycles. The molecule has 0 spiro atoms. The highest BCUT2D eigenvalue weighted by atomic mass is 32.3. The Balaban J connectivity index is 0.00000111. The average molecular weight is 519 g/mol. The predicted octanol–water partition coefficient (Wildman–Crippen LogP) is -1.37. The lowest BCUT2D eigenvalue weighted by atomic mass is 10.1. The molecule has 0 aromatic heterocycles. The van der Waals surface area contributed by atoms with E-state index in [2.05, 4.69) is 0 Å². The molecule has 0 bridgehead atoms. The predicted molar refractivity (Wildman–Crippen MR) is 122 cm³/mol. The van der Waals surface area contributed by atoms with Gasteiger partial charge in [0, 0.05) is 10.4 Å². The molecule has 0 fully saturated rings. The second-order valence-corrected chi connectivity index (χ2v) is 8.79. The Morgan fingerprint density at radius 1 is 0.657 bits per heavy atom. The molecule has 10 N–H and O–H groups in total. The van der Waals surface area contributed by atoms with Crippen LogP contribution in [0.2, 0.25) is 0 Å². The van der Waals surface area contributed by atoms with E-state index < -0.39 is 22.6 Å². The summed E-state index contributed by atoms with van der Waals surface area (Å²) < 4.78 is 34.1. The molecule has 0 aliphatic heterocycles. The van der Waals surface area contributed by atoms with Gasteiger partial charge in [-0.05, 0) is 61.1 Å². The monoisotopic (exact) mass is 518 g/mol.